The maximum Gasteiger partial charge on any atom is 0.206 e. The van der Waals surface area contributed by atoms with Crippen molar-refractivity contribution < 1.29 is 8.42 Å². The molecule has 0 bridgehead atoms. The molecule has 0 fully saturated rings. The fraction of sp³-hybridized carbons (Fsp3) is 0.0667. The van der Waals surface area contributed by atoms with Crippen molar-refractivity contribution in [3.8, 4) is 0 Å². The Balaban J connectivity index is 2.15. The molecule has 0 aliphatic carbocycles. The summed E-state index contributed by atoms with van der Waals surface area (Å²) in [5.74, 6) is 0. The maximum atomic E-state index is 12.5. The van der Waals surface area contributed by atoms with Crippen LogP contribution in [-0.2, 0) is 9.84 Å². The molecule has 4 nitrogen and oxygen atoms in total. The Bertz CT molecular complexity index is 872. The summed E-state index contributed by atoms with van der Waals surface area (Å²) in [6.45, 7) is 1.92. The second kappa shape index (κ2) is 4.68. The van der Waals surface area contributed by atoms with Crippen molar-refractivity contribution in [2.45, 2.75) is 16.7 Å². The molecule has 3 aromatic rings. The molecule has 1 heterocycles. The number of aromatic nitrogens is 2. The molecule has 0 N–H and O–H groups in total. The van der Waals surface area contributed by atoms with Crippen LogP contribution in [0.4, 0.5) is 0 Å². The van der Waals surface area contributed by atoms with Gasteiger partial charge in [-0.1, -0.05) is 17.7 Å². The normalized spacial score (nSPS) is 11.7. The van der Waals surface area contributed by atoms with Crippen LogP contribution in [0.1, 0.15) is 5.56 Å². The van der Waals surface area contributed by atoms with Crippen LogP contribution in [-0.4, -0.2) is 18.4 Å². The van der Waals surface area contributed by atoms with E-state index in [9.17, 15) is 8.42 Å². The standard InChI is InChI=1S/C15H12N2O2S/c1-11-2-4-12(5-3-11)20(18,19)13-6-7-14-15(10-13)17-9-8-16-14/h2-10H,1H3. The number of sulfone groups is 1. The molecule has 20 heavy (non-hydrogen) atoms. The average Bonchev–Trinajstić information content (AvgIpc) is 2.47. The van der Waals surface area contributed by atoms with Gasteiger partial charge < -0.3 is 0 Å². The van der Waals surface area contributed by atoms with E-state index in [1.807, 2.05) is 6.92 Å². The molecule has 100 valence electrons. The van der Waals surface area contributed by atoms with Gasteiger partial charge in [0, 0.05) is 12.4 Å². The number of rotatable bonds is 2. The molecule has 0 unspecified atom stereocenters. The van der Waals surface area contributed by atoms with Gasteiger partial charge in [-0.05, 0) is 37.3 Å². The molecule has 1 aromatic heterocycles. The molecule has 0 saturated carbocycles. The summed E-state index contributed by atoms with van der Waals surface area (Å²) < 4.78 is 25.1. The van der Waals surface area contributed by atoms with Gasteiger partial charge in [0.05, 0.1) is 20.8 Å². The van der Waals surface area contributed by atoms with Crippen molar-refractivity contribution in [3.05, 3.63) is 60.4 Å². The Kier molecular flexibility index (Phi) is 2.99. The van der Waals surface area contributed by atoms with Crippen molar-refractivity contribution in [1.82, 2.24) is 9.97 Å². The SMILES string of the molecule is Cc1ccc(S(=O)(=O)c2ccc3nccnc3c2)cc1. The van der Waals surface area contributed by atoms with Crippen LogP contribution >= 0.6 is 0 Å². The fourth-order valence-electron chi connectivity index (χ4n) is 1.96. The minimum Gasteiger partial charge on any atom is -0.253 e. The zero-order valence-corrected chi connectivity index (χ0v) is 11.6. The van der Waals surface area contributed by atoms with Crippen molar-refractivity contribution in [1.29, 1.82) is 0 Å². The number of nitrogens with zero attached hydrogens (tertiary/aromatic N) is 2. The zero-order valence-electron chi connectivity index (χ0n) is 10.8. The molecule has 3 rings (SSSR count). The molecule has 5 heteroatoms. The third kappa shape index (κ3) is 2.16. The lowest BCUT2D eigenvalue weighted by Gasteiger charge is -2.05. The van der Waals surface area contributed by atoms with E-state index in [2.05, 4.69) is 9.97 Å². The number of hydrogen-bond acceptors (Lipinski definition) is 4. The predicted octanol–water partition coefficient (Wildman–Crippen LogP) is 2.77. The number of benzene rings is 2. The molecule has 0 amide bonds. The molecular formula is C15H12N2O2S. The van der Waals surface area contributed by atoms with E-state index in [0.717, 1.165) is 5.56 Å². The van der Waals surface area contributed by atoms with Gasteiger partial charge in [0.2, 0.25) is 9.84 Å². The third-order valence-electron chi connectivity index (χ3n) is 3.08. The summed E-state index contributed by atoms with van der Waals surface area (Å²) in [6.07, 6.45) is 3.13. The molecule has 0 aliphatic rings. The Hall–Kier alpha value is -2.27. The van der Waals surface area contributed by atoms with Crippen molar-refractivity contribution in [2.75, 3.05) is 0 Å². The highest BCUT2D eigenvalue weighted by atomic mass is 32.2. The highest BCUT2D eigenvalue weighted by Gasteiger charge is 2.17. The Morgan fingerprint density at radius 2 is 1.40 bits per heavy atom. The lowest BCUT2D eigenvalue weighted by Crippen LogP contribution is -2.02. The van der Waals surface area contributed by atoms with Gasteiger partial charge in [-0.3, -0.25) is 9.97 Å². The summed E-state index contributed by atoms with van der Waals surface area (Å²) in [7, 11) is -3.51. The van der Waals surface area contributed by atoms with Crippen LogP contribution in [0, 0.1) is 6.92 Å². The molecule has 0 aliphatic heterocycles. The number of fused-ring (bicyclic) bond motifs is 1. The van der Waals surface area contributed by atoms with Gasteiger partial charge in [-0.2, -0.15) is 0 Å². The first-order valence-electron chi connectivity index (χ1n) is 6.10. The summed E-state index contributed by atoms with van der Waals surface area (Å²) >= 11 is 0. The molecule has 2 aromatic carbocycles. The average molecular weight is 284 g/mol. The first kappa shape index (κ1) is 12.7. The topological polar surface area (TPSA) is 59.9 Å². The van der Waals surface area contributed by atoms with E-state index in [4.69, 9.17) is 0 Å². The van der Waals surface area contributed by atoms with Crippen LogP contribution in [0.3, 0.4) is 0 Å². The Labute approximate surface area is 117 Å². The lowest BCUT2D eigenvalue weighted by molar-refractivity contribution is 0.596. The van der Waals surface area contributed by atoms with Crippen molar-refractivity contribution in [2.24, 2.45) is 0 Å². The monoisotopic (exact) mass is 284 g/mol. The molecule has 0 spiro atoms. The Morgan fingerprint density at radius 1 is 0.800 bits per heavy atom. The lowest BCUT2D eigenvalue weighted by atomic mass is 10.2. The molecular weight excluding hydrogens is 272 g/mol. The number of hydrogen-bond donors (Lipinski definition) is 0. The minimum absolute atomic E-state index is 0.231. The van der Waals surface area contributed by atoms with E-state index in [0.29, 0.717) is 11.0 Å². The fourth-order valence-corrected chi connectivity index (χ4v) is 3.24. The van der Waals surface area contributed by atoms with Crippen LogP contribution in [0.15, 0.2) is 64.6 Å². The van der Waals surface area contributed by atoms with Gasteiger partial charge in [0.25, 0.3) is 0 Å². The van der Waals surface area contributed by atoms with Crippen molar-refractivity contribution in [3.63, 3.8) is 0 Å². The second-order valence-electron chi connectivity index (χ2n) is 4.52. The van der Waals surface area contributed by atoms with Gasteiger partial charge in [-0.15, -0.1) is 0 Å². The first-order valence-corrected chi connectivity index (χ1v) is 7.58. The van der Waals surface area contributed by atoms with E-state index in [1.165, 1.54) is 0 Å². The second-order valence-corrected chi connectivity index (χ2v) is 6.47. The van der Waals surface area contributed by atoms with Gasteiger partial charge >= 0.3 is 0 Å². The van der Waals surface area contributed by atoms with Crippen LogP contribution < -0.4 is 0 Å². The summed E-state index contributed by atoms with van der Waals surface area (Å²) in [5.41, 5.74) is 2.27. The third-order valence-corrected chi connectivity index (χ3v) is 4.85. The number of aryl methyl sites for hydroxylation is 1. The zero-order chi connectivity index (χ0) is 14.2. The summed E-state index contributed by atoms with van der Waals surface area (Å²) in [6, 6.07) is 11.6. The molecule has 0 atom stereocenters. The molecule has 0 saturated heterocycles. The summed E-state index contributed by atoms with van der Waals surface area (Å²) in [4.78, 5) is 8.78. The predicted molar refractivity (Wildman–Crippen MR) is 76.2 cm³/mol. The van der Waals surface area contributed by atoms with Gasteiger partial charge in [0.15, 0.2) is 0 Å². The maximum absolute atomic E-state index is 12.5. The highest BCUT2D eigenvalue weighted by Crippen LogP contribution is 2.23. The summed E-state index contributed by atoms with van der Waals surface area (Å²) in [5, 5.41) is 0. The van der Waals surface area contributed by atoms with E-state index < -0.39 is 9.84 Å². The van der Waals surface area contributed by atoms with Crippen LogP contribution in [0.2, 0.25) is 0 Å². The van der Waals surface area contributed by atoms with Crippen LogP contribution in [0.25, 0.3) is 11.0 Å². The quantitative estimate of drug-likeness (QED) is 0.726. The largest absolute Gasteiger partial charge is 0.253 e. The van der Waals surface area contributed by atoms with E-state index >= 15 is 0 Å². The van der Waals surface area contributed by atoms with E-state index in [1.54, 1.807) is 54.9 Å². The smallest absolute Gasteiger partial charge is 0.206 e. The molecule has 0 radical (unpaired) electrons. The first-order chi connectivity index (χ1) is 9.57. The highest BCUT2D eigenvalue weighted by molar-refractivity contribution is 7.91. The van der Waals surface area contributed by atoms with Crippen LogP contribution in [0.5, 0.6) is 0 Å². The minimum atomic E-state index is -3.51. The van der Waals surface area contributed by atoms with Crippen molar-refractivity contribution >= 4 is 20.9 Å². The van der Waals surface area contributed by atoms with Gasteiger partial charge in [-0.25, -0.2) is 8.42 Å². The Morgan fingerprint density at radius 3 is 2.10 bits per heavy atom. The van der Waals surface area contributed by atoms with Gasteiger partial charge in [0.1, 0.15) is 0 Å². The van der Waals surface area contributed by atoms with E-state index in [-0.39, 0.29) is 9.79 Å².